The van der Waals surface area contributed by atoms with E-state index in [1.165, 1.54) is 30.7 Å². The fourth-order valence-corrected chi connectivity index (χ4v) is 4.67. The SMILES string of the molecule is CCc1ccc2c(c1)C(NC[C@@H](N)[C@H](Cc1cc(F)cc(F)c1)NC(C)=O)c1ccc(F)cc1-2. The molecule has 0 saturated heterocycles. The molecule has 4 rings (SSSR count). The number of nitrogens with one attached hydrogen (secondary N) is 2. The molecule has 0 bridgehead atoms. The number of nitrogens with two attached hydrogens (primary N) is 1. The molecule has 0 aliphatic heterocycles. The average molecular weight is 468 g/mol. The predicted octanol–water partition coefficient (Wildman–Crippen LogP) is 4.40. The molecule has 4 N–H and O–H groups in total. The second kappa shape index (κ2) is 9.99. The number of aryl methyl sites for hydroxylation is 1. The van der Waals surface area contributed by atoms with E-state index in [-0.39, 0.29) is 24.2 Å². The molecule has 3 atom stereocenters. The van der Waals surface area contributed by atoms with E-state index in [1.54, 1.807) is 12.1 Å². The smallest absolute Gasteiger partial charge is 0.217 e. The minimum Gasteiger partial charge on any atom is -0.352 e. The molecule has 0 radical (unpaired) electrons. The van der Waals surface area contributed by atoms with Gasteiger partial charge < -0.3 is 16.4 Å². The van der Waals surface area contributed by atoms with Crippen LogP contribution >= 0.6 is 0 Å². The van der Waals surface area contributed by atoms with Gasteiger partial charge in [0.25, 0.3) is 0 Å². The zero-order valence-electron chi connectivity index (χ0n) is 19.2. The first kappa shape index (κ1) is 24.0. The first-order valence-corrected chi connectivity index (χ1v) is 11.4. The maximum Gasteiger partial charge on any atom is 0.217 e. The van der Waals surface area contributed by atoms with Gasteiger partial charge in [-0.15, -0.1) is 0 Å². The summed E-state index contributed by atoms with van der Waals surface area (Å²) in [6.45, 7) is 3.78. The van der Waals surface area contributed by atoms with Crippen molar-refractivity contribution in [2.24, 2.45) is 5.73 Å². The third-order valence-corrected chi connectivity index (χ3v) is 6.29. The summed E-state index contributed by atoms with van der Waals surface area (Å²) in [5.74, 6) is -1.94. The second-order valence-corrected chi connectivity index (χ2v) is 8.80. The van der Waals surface area contributed by atoms with Gasteiger partial charge in [-0.1, -0.05) is 31.2 Å². The van der Waals surface area contributed by atoms with Crippen molar-refractivity contribution >= 4 is 5.91 Å². The summed E-state index contributed by atoms with van der Waals surface area (Å²) in [6.07, 6.45) is 1.05. The summed E-state index contributed by atoms with van der Waals surface area (Å²) in [4.78, 5) is 11.8. The van der Waals surface area contributed by atoms with Gasteiger partial charge >= 0.3 is 0 Å². The number of carbonyl (C=O) groups excluding carboxylic acids is 1. The summed E-state index contributed by atoms with van der Waals surface area (Å²) in [7, 11) is 0. The molecule has 3 aromatic rings. The van der Waals surface area contributed by atoms with Crippen LogP contribution in [0.1, 0.15) is 42.1 Å². The number of benzene rings is 3. The lowest BCUT2D eigenvalue weighted by molar-refractivity contribution is -0.119. The lowest BCUT2D eigenvalue weighted by Crippen LogP contribution is -2.53. The summed E-state index contributed by atoms with van der Waals surface area (Å²) in [6, 6.07) is 13.0. The monoisotopic (exact) mass is 467 g/mol. The van der Waals surface area contributed by atoms with E-state index in [2.05, 4.69) is 23.6 Å². The van der Waals surface area contributed by atoms with Gasteiger partial charge in [0.05, 0.1) is 6.04 Å². The molecule has 4 nitrogen and oxygen atoms in total. The predicted molar refractivity (Wildman–Crippen MR) is 127 cm³/mol. The summed E-state index contributed by atoms with van der Waals surface area (Å²) >= 11 is 0. The van der Waals surface area contributed by atoms with Crippen LogP contribution in [0.2, 0.25) is 0 Å². The average Bonchev–Trinajstić information content (AvgIpc) is 3.08. The van der Waals surface area contributed by atoms with Crippen LogP contribution in [0.4, 0.5) is 13.2 Å². The van der Waals surface area contributed by atoms with Crippen molar-refractivity contribution < 1.29 is 18.0 Å². The van der Waals surface area contributed by atoms with E-state index in [9.17, 15) is 18.0 Å². The summed E-state index contributed by atoms with van der Waals surface area (Å²) < 4.78 is 41.3. The van der Waals surface area contributed by atoms with Crippen molar-refractivity contribution in [2.45, 2.75) is 44.8 Å². The number of halogens is 3. The first-order valence-electron chi connectivity index (χ1n) is 11.4. The molecule has 3 aromatic carbocycles. The molecule has 1 aliphatic rings. The molecule has 0 saturated carbocycles. The van der Waals surface area contributed by atoms with Crippen molar-refractivity contribution in [3.05, 3.63) is 94.3 Å². The van der Waals surface area contributed by atoms with Gasteiger partial charge in [0.15, 0.2) is 0 Å². The van der Waals surface area contributed by atoms with Gasteiger partial charge in [0.2, 0.25) is 5.91 Å². The topological polar surface area (TPSA) is 67.2 Å². The Labute approximate surface area is 197 Å². The van der Waals surface area contributed by atoms with E-state index in [4.69, 9.17) is 5.73 Å². The van der Waals surface area contributed by atoms with Crippen LogP contribution in [0.15, 0.2) is 54.6 Å². The number of fused-ring (bicyclic) bond motifs is 3. The van der Waals surface area contributed by atoms with E-state index >= 15 is 0 Å². The number of rotatable bonds is 8. The Kier molecular flexibility index (Phi) is 7.05. The van der Waals surface area contributed by atoms with Crippen LogP contribution < -0.4 is 16.4 Å². The maximum atomic E-state index is 14.0. The van der Waals surface area contributed by atoms with Crippen molar-refractivity contribution in [3.8, 4) is 11.1 Å². The maximum absolute atomic E-state index is 14.0. The number of hydrogen-bond donors (Lipinski definition) is 3. The second-order valence-electron chi connectivity index (χ2n) is 8.80. The van der Waals surface area contributed by atoms with Crippen molar-refractivity contribution in [2.75, 3.05) is 6.54 Å². The third kappa shape index (κ3) is 5.16. The molecule has 0 heterocycles. The quantitative estimate of drug-likeness (QED) is 0.460. The Hall–Kier alpha value is -3.16. The number of amides is 1. The van der Waals surface area contributed by atoms with E-state index in [0.717, 1.165) is 34.7 Å². The first-order chi connectivity index (χ1) is 16.2. The molecule has 34 heavy (non-hydrogen) atoms. The molecular weight excluding hydrogens is 439 g/mol. The summed E-state index contributed by atoms with van der Waals surface area (Å²) in [5, 5.41) is 6.29. The highest BCUT2D eigenvalue weighted by Crippen LogP contribution is 2.44. The van der Waals surface area contributed by atoms with Crippen molar-refractivity contribution in [1.82, 2.24) is 10.6 Å². The van der Waals surface area contributed by atoms with Crippen LogP contribution in [0.5, 0.6) is 0 Å². The molecule has 1 aliphatic carbocycles. The van der Waals surface area contributed by atoms with Gasteiger partial charge in [-0.2, -0.15) is 0 Å². The van der Waals surface area contributed by atoms with Gasteiger partial charge in [0, 0.05) is 31.6 Å². The van der Waals surface area contributed by atoms with Gasteiger partial charge in [-0.05, 0) is 70.5 Å². The highest BCUT2D eigenvalue weighted by atomic mass is 19.1. The minimum atomic E-state index is -0.679. The van der Waals surface area contributed by atoms with Crippen molar-refractivity contribution in [3.63, 3.8) is 0 Å². The minimum absolute atomic E-state index is 0.181. The van der Waals surface area contributed by atoms with Crippen LogP contribution in [0.3, 0.4) is 0 Å². The van der Waals surface area contributed by atoms with Crippen molar-refractivity contribution in [1.29, 1.82) is 0 Å². The normalized spacial score (nSPS) is 16.0. The largest absolute Gasteiger partial charge is 0.352 e. The Morgan fingerprint density at radius 3 is 2.32 bits per heavy atom. The van der Waals surface area contributed by atoms with Gasteiger partial charge in [-0.3, -0.25) is 4.79 Å². The Morgan fingerprint density at radius 2 is 1.65 bits per heavy atom. The lowest BCUT2D eigenvalue weighted by Gasteiger charge is -2.27. The van der Waals surface area contributed by atoms with Gasteiger partial charge in [-0.25, -0.2) is 13.2 Å². The van der Waals surface area contributed by atoms with E-state index in [1.807, 2.05) is 12.1 Å². The molecule has 0 spiro atoms. The molecule has 0 fully saturated rings. The number of hydrogen-bond acceptors (Lipinski definition) is 3. The third-order valence-electron chi connectivity index (χ3n) is 6.29. The van der Waals surface area contributed by atoms with Crippen LogP contribution in [-0.2, 0) is 17.6 Å². The molecule has 1 amide bonds. The standard InChI is InChI=1S/C27H28F3N3O/c1-3-16-4-6-21-23-13-18(28)5-7-22(23)27(24(21)10-16)32-14-25(31)26(33-15(2)34)11-17-8-19(29)12-20(30)9-17/h4-10,12-13,25-27,32H,3,11,14,31H2,1-2H3,(H,33,34)/t25-,26+,27?/m1/s1. The van der Waals surface area contributed by atoms with Crippen LogP contribution in [-0.4, -0.2) is 24.5 Å². The Bertz CT molecular complexity index is 1190. The molecule has 178 valence electrons. The van der Waals surface area contributed by atoms with E-state index < -0.39 is 23.7 Å². The van der Waals surface area contributed by atoms with Crippen LogP contribution in [0, 0.1) is 17.5 Å². The van der Waals surface area contributed by atoms with Crippen LogP contribution in [0.25, 0.3) is 11.1 Å². The lowest BCUT2D eigenvalue weighted by atomic mass is 9.98. The summed E-state index contributed by atoms with van der Waals surface area (Å²) in [5.41, 5.74) is 11.9. The highest BCUT2D eigenvalue weighted by Gasteiger charge is 2.30. The fourth-order valence-electron chi connectivity index (χ4n) is 4.67. The molecule has 0 aromatic heterocycles. The highest BCUT2D eigenvalue weighted by molar-refractivity contribution is 5.79. The van der Waals surface area contributed by atoms with Gasteiger partial charge in [0.1, 0.15) is 17.5 Å². The molecule has 1 unspecified atom stereocenters. The zero-order chi connectivity index (χ0) is 24.4. The molecule has 7 heteroatoms. The molecular formula is C27H28F3N3O. The van der Waals surface area contributed by atoms with E-state index in [0.29, 0.717) is 12.1 Å². The number of carbonyl (C=O) groups is 1. The zero-order valence-corrected chi connectivity index (χ0v) is 19.2. The fraction of sp³-hybridized carbons (Fsp3) is 0.296. The Balaban J connectivity index is 1.56. The Morgan fingerprint density at radius 1 is 0.912 bits per heavy atom.